The van der Waals surface area contributed by atoms with E-state index in [0.29, 0.717) is 13.0 Å². The molecule has 0 aromatic rings. The summed E-state index contributed by atoms with van der Waals surface area (Å²) in [7, 11) is 1.75. The molecular weight excluding hydrogens is 204 g/mol. The Kier molecular flexibility index (Phi) is 5.22. The normalized spacial score (nSPS) is 20.1. The van der Waals surface area contributed by atoms with Crippen LogP contribution in [0.1, 0.15) is 39.0 Å². The molecule has 0 aliphatic heterocycles. The molecule has 1 unspecified atom stereocenters. The fourth-order valence-electron chi connectivity index (χ4n) is 1.78. The highest BCUT2D eigenvalue weighted by Crippen LogP contribution is 2.29. The smallest absolute Gasteiger partial charge is 0.237 e. The molecule has 3 N–H and O–H groups in total. The maximum Gasteiger partial charge on any atom is 0.237 e. The molecule has 1 atom stereocenters. The van der Waals surface area contributed by atoms with Crippen LogP contribution in [0.5, 0.6) is 0 Å². The summed E-state index contributed by atoms with van der Waals surface area (Å²) >= 11 is 0. The molecular formula is C12H24N2O2. The molecule has 16 heavy (non-hydrogen) atoms. The van der Waals surface area contributed by atoms with Gasteiger partial charge < -0.3 is 15.8 Å². The number of rotatable bonds is 8. The molecule has 1 aliphatic rings. The molecule has 1 amide bonds. The third-order valence-corrected chi connectivity index (χ3v) is 3.74. The second-order valence-electron chi connectivity index (χ2n) is 4.89. The van der Waals surface area contributed by atoms with Crippen molar-refractivity contribution in [3.63, 3.8) is 0 Å². The van der Waals surface area contributed by atoms with E-state index in [1.165, 1.54) is 19.3 Å². The fraction of sp³-hybridized carbons (Fsp3) is 0.917. The van der Waals surface area contributed by atoms with Gasteiger partial charge in [0.15, 0.2) is 0 Å². The lowest BCUT2D eigenvalue weighted by Gasteiger charge is -2.26. The second-order valence-corrected chi connectivity index (χ2v) is 4.89. The molecule has 4 nitrogen and oxygen atoms in total. The lowest BCUT2D eigenvalue weighted by Crippen LogP contribution is -2.52. The van der Waals surface area contributed by atoms with Gasteiger partial charge in [0.25, 0.3) is 0 Å². The van der Waals surface area contributed by atoms with E-state index in [-0.39, 0.29) is 5.91 Å². The van der Waals surface area contributed by atoms with Crippen molar-refractivity contribution in [2.45, 2.75) is 44.6 Å². The van der Waals surface area contributed by atoms with Gasteiger partial charge in [-0.05, 0) is 32.7 Å². The molecule has 1 fully saturated rings. The van der Waals surface area contributed by atoms with E-state index in [4.69, 9.17) is 10.5 Å². The monoisotopic (exact) mass is 228 g/mol. The molecule has 1 aliphatic carbocycles. The molecule has 0 radical (unpaired) electrons. The van der Waals surface area contributed by atoms with Gasteiger partial charge in [-0.15, -0.1) is 0 Å². The summed E-state index contributed by atoms with van der Waals surface area (Å²) in [6, 6.07) is 0. The fourth-order valence-corrected chi connectivity index (χ4v) is 1.78. The van der Waals surface area contributed by atoms with Gasteiger partial charge in [0.2, 0.25) is 5.91 Å². The van der Waals surface area contributed by atoms with E-state index < -0.39 is 5.54 Å². The summed E-state index contributed by atoms with van der Waals surface area (Å²) < 4.78 is 5.54. The molecule has 0 bridgehead atoms. The van der Waals surface area contributed by atoms with E-state index in [9.17, 15) is 4.79 Å². The maximum atomic E-state index is 11.2. The van der Waals surface area contributed by atoms with Crippen LogP contribution in [0.15, 0.2) is 0 Å². The Morgan fingerprint density at radius 2 is 2.19 bits per heavy atom. The highest BCUT2D eigenvalue weighted by Gasteiger charge is 2.28. The highest BCUT2D eigenvalue weighted by molar-refractivity contribution is 5.84. The van der Waals surface area contributed by atoms with Crippen molar-refractivity contribution >= 4 is 5.91 Å². The Labute approximate surface area is 97.9 Å². The molecule has 1 rings (SSSR count). The van der Waals surface area contributed by atoms with Crippen molar-refractivity contribution in [1.29, 1.82) is 0 Å². The van der Waals surface area contributed by atoms with Crippen LogP contribution in [-0.4, -0.2) is 31.7 Å². The second kappa shape index (κ2) is 6.21. The molecule has 0 spiro atoms. The van der Waals surface area contributed by atoms with Gasteiger partial charge in [0, 0.05) is 13.2 Å². The van der Waals surface area contributed by atoms with Crippen molar-refractivity contribution in [1.82, 2.24) is 5.32 Å². The average molecular weight is 228 g/mol. The number of ether oxygens (including phenoxy) is 1. The number of carbonyl (C=O) groups is 1. The van der Waals surface area contributed by atoms with Crippen molar-refractivity contribution in [2.75, 3.05) is 20.3 Å². The van der Waals surface area contributed by atoms with Gasteiger partial charge in [-0.25, -0.2) is 0 Å². The van der Waals surface area contributed by atoms with E-state index >= 15 is 0 Å². The van der Waals surface area contributed by atoms with Crippen LogP contribution in [0, 0.1) is 5.92 Å². The van der Waals surface area contributed by atoms with Gasteiger partial charge >= 0.3 is 0 Å². The predicted octanol–water partition coefficient (Wildman–Crippen LogP) is 1.05. The zero-order chi connectivity index (χ0) is 12.0. The molecule has 0 aromatic heterocycles. The number of carbonyl (C=O) groups excluding carboxylic acids is 1. The zero-order valence-corrected chi connectivity index (χ0v) is 10.4. The summed E-state index contributed by atoms with van der Waals surface area (Å²) in [6.45, 7) is 3.21. The van der Waals surface area contributed by atoms with Crippen LogP contribution >= 0.6 is 0 Å². The first-order chi connectivity index (χ1) is 7.58. The van der Waals surface area contributed by atoms with Crippen molar-refractivity contribution in [3.05, 3.63) is 0 Å². The topological polar surface area (TPSA) is 64.3 Å². The minimum atomic E-state index is -0.642. The van der Waals surface area contributed by atoms with Crippen molar-refractivity contribution in [2.24, 2.45) is 11.7 Å². The Morgan fingerprint density at radius 3 is 2.62 bits per heavy atom. The standard InChI is InChI=1S/C12H24N2O2/c1-12(14-2,11(13)15)7-9-16-8-6-10-4-3-5-10/h10,14H,3-9H2,1-2H3,(H2,13,15). The zero-order valence-electron chi connectivity index (χ0n) is 10.4. The van der Waals surface area contributed by atoms with Crippen LogP contribution in [0.2, 0.25) is 0 Å². The van der Waals surface area contributed by atoms with Gasteiger partial charge in [-0.3, -0.25) is 4.79 Å². The van der Waals surface area contributed by atoms with E-state index in [1.54, 1.807) is 7.05 Å². The number of likely N-dealkylation sites (N-methyl/N-ethyl adjacent to an activating group) is 1. The van der Waals surface area contributed by atoms with Crippen LogP contribution < -0.4 is 11.1 Å². The Balaban J connectivity index is 2.06. The number of hydrogen-bond donors (Lipinski definition) is 2. The third-order valence-electron chi connectivity index (χ3n) is 3.74. The van der Waals surface area contributed by atoms with Crippen LogP contribution in [0.4, 0.5) is 0 Å². The number of primary amides is 1. The summed E-state index contributed by atoms with van der Waals surface area (Å²) in [6.07, 6.45) is 5.89. The van der Waals surface area contributed by atoms with Gasteiger partial charge in [-0.1, -0.05) is 19.3 Å². The molecule has 1 saturated carbocycles. The highest BCUT2D eigenvalue weighted by atomic mass is 16.5. The molecule has 0 heterocycles. The summed E-state index contributed by atoms with van der Waals surface area (Å²) in [5.41, 5.74) is 4.68. The van der Waals surface area contributed by atoms with Gasteiger partial charge in [0.1, 0.15) is 0 Å². The van der Waals surface area contributed by atoms with E-state index in [1.807, 2.05) is 6.92 Å². The first-order valence-corrected chi connectivity index (χ1v) is 6.15. The van der Waals surface area contributed by atoms with Gasteiger partial charge in [0.05, 0.1) is 5.54 Å². The number of nitrogens with two attached hydrogens (primary N) is 1. The van der Waals surface area contributed by atoms with Crippen LogP contribution in [0.25, 0.3) is 0 Å². The predicted molar refractivity (Wildman–Crippen MR) is 64.1 cm³/mol. The average Bonchev–Trinajstić information content (AvgIpc) is 2.19. The van der Waals surface area contributed by atoms with E-state index in [0.717, 1.165) is 18.9 Å². The Bertz CT molecular complexity index is 229. The summed E-state index contributed by atoms with van der Waals surface area (Å²) in [5, 5.41) is 2.95. The Morgan fingerprint density at radius 1 is 1.50 bits per heavy atom. The van der Waals surface area contributed by atoms with Crippen molar-refractivity contribution < 1.29 is 9.53 Å². The SMILES string of the molecule is CNC(C)(CCOCCC1CCC1)C(N)=O. The number of nitrogens with one attached hydrogen (secondary N) is 1. The molecule has 0 aromatic carbocycles. The molecule has 0 saturated heterocycles. The molecule has 94 valence electrons. The summed E-state index contributed by atoms with van der Waals surface area (Å²) in [5.74, 6) is 0.560. The van der Waals surface area contributed by atoms with Gasteiger partial charge in [-0.2, -0.15) is 0 Å². The maximum absolute atomic E-state index is 11.2. The summed E-state index contributed by atoms with van der Waals surface area (Å²) in [4.78, 5) is 11.2. The minimum Gasteiger partial charge on any atom is -0.381 e. The van der Waals surface area contributed by atoms with Crippen molar-refractivity contribution in [3.8, 4) is 0 Å². The first kappa shape index (κ1) is 13.5. The number of amides is 1. The lowest BCUT2D eigenvalue weighted by atomic mass is 9.83. The van der Waals surface area contributed by atoms with E-state index in [2.05, 4.69) is 5.32 Å². The largest absolute Gasteiger partial charge is 0.381 e. The third kappa shape index (κ3) is 3.76. The lowest BCUT2D eigenvalue weighted by molar-refractivity contribution is -0.124. The van der Waals surface area contributed by atoms with Crippen LogP contribution in [-0.2, 0) is 9.53 Å². The minimum absolute atomic E-state index is 0.322. The number of hydrogen-bond acceptors (Lipinski definition) is 3. The first-order valence-electron chi connectivity index (χ1n) is 6.15. The van der Waals surface area contributed by atoms with Crippen LogP contribution in [0.3, 0.4) is 0 Å². The quantitative estimate of drug-likeness (QED) is 0.610. The Hall–Kier alpha value is -0.610. The molecule has 4 heteroatoms.